The molecule has 1 fully saturated rings. The first kappa shape index (κ1) is 13.4. The van der Waals surface area contributed by atoms with Crippen molar-refractivity contribution in [1.82, 2.24) is 10.2 Å². The molecular formula is C15H24N2O. The Bertz CT molecular complexity index is 379. The van der Waals surface area contributed by atoms with Crippen molar-refractivity contribution < 1.29 is 4.74 Å². The molecular weight excluding hydrogens is 224 g/mol. The van der Waals surface area contributed by atoms with Crippen molar-refractivity contribution in [2.24, 2.45) is 5.92 Å². The summed E-state index contributed by atoms with van der Waals surface area (Å²) in [6.07, 6.45) is 1.22. The maximum Gasteiger partial charge on any atom is 0.119 e. The molecule has 2 atom stereocenters. The standard InChI is InChI=1S/C15H24N2O/c1-12-9-15(16-11-12)13-5-4-6-14(10-13)18-8-7-17(2)3/h4-6,10,12,15-16H,7-9,11H2,1-3H3/t12-,15+/m0/s1. The third-order valence-corrected chi connectivity index (χ3v) is 3.42. The van der Waals surface area contributed by atoms with Gasteiger partial charge < -0.3 is 15.0 Å². The highest BCUT2D eigenvalue weighted by molar-refractivity contribution is 5.31. The van der Waals surface area contributed by atoms with Crippen LogP contribution in [0.1, 0.15) is 24.9 Å². The molecule has 0 amide bonds. The zero-order chi connectivity index (χ0) is 13.0. The molecule has 0 saturated carbocycles. The highest BCUT2D eigenvalue weighted by Crippen LogP contribution is 2.28. The van der Waals surface area contributed by atoms with E-state index in [0.29, 0.717) is 6.04 Å². The van der Waals surface area contributed by atoms with E-state index < -0.39 is 0 Å². The van der Waals surface area contributed by atoms with E-state index in [9.17, 15) is 0 Å². The second-order valence-corrected chi connectivity index (χ2v) is 5.53. The summed E-state index contributed by atoms with van der Waals surface area (Å²) < 4.78 is 5.77. The first-order chi connectivity index (χ1) is 8.65. The summed E-state index contributed by atoms with van der Waals surface area (Å²) in [6.45, 7) is 5.11. The molecule has 3 nitrogen and oxygen atoms in total. The molecule has 0 spiro atoms. The predicted molar refractivity (Wildman–Crippen MR) is 75.0 cm³/mol. The van der Waals surface area contributed by atoms with E-state index in [4.69, 9.17) is 4.74 Å². The lowest BCUT2D eigenvalue weighted by molar-refractivity contribution is 0.261. The Kier molecular flexibility index (Phi) is 4.61. The molecule has 0 aromatic heterocycles. The topological polar surface area (TPSA) is 24.5 Å². The molecule has 0 aliphatic carbocycles. The van der Waals surface area contributed by atoms with Gasteiger partial charge in [-0.25, -0.2) is 0 Å². The molecule has 1 aliphatic rings. The second kappa shape index (κ2) is 6.21. The number of hydrogen-bond donors (Lipinski definition) is 1. The molecule has 1 heterocycles. The number of nitrogens with zero attached hydrogens (tertiary/aromatic N) is 1. The largest absolute Gasteiger partial charge is 0.492 e. The van der Waals surface area contributed by atoms with Gasteiger partial charge in [-0.1, -0.05) is 19.1 Å². The fraction of sp³-hybridized carbons (Fsp3) is 0.600. The lowest BCUT2D eigenvalue weighted by Gasteiger charge is -2.14. The van der Waals surface area contributed by atoms with Crippen LogP contribution in [0.25, 0.3) is 0 Å². The van der Waals surface area contributed by atoms with Gasteiger partial charge in [0.15, 0.2) is 0 Å². The van der Waals surface area contributed by atoms with Crippen LogP contribution in [0.4, 0.5) is 0 Å². The van der Waals surface area contributed by atoms with E-state index in [0.717, 1.165) is 31.4 Å². The summed E-state index contributed by atoms with van der Waals surface area (Å²) in [6, 6.07) is 8.99. The Hall–Kier alpha value is -1.06. The van der Waals surface area contributed by atoms with Gasteiger partial charge in [0, 0.05) is 12.6 Å². The molecule has 100 valence electrons. The Morgan fingerprint density at radius 1 is 1.39 bits per heavy atom. The Morgan fingerprint density at radius 3 is 2.89 bits per heavy atom. The molecule has 2 rings (SSSR count). The molecule has 1 aliphatic heterocycles. The summed E-state index contributed by atoms with van der Waals surface area (Å²) in [5.74, 6) is 1.75. The number of ether oxygens (including phenoxy) is 1. The smallest absolute Gasteiger partial charge is 0.119 e. The quantitative estimate of drug-likeness (QED) is 0.865. The van der Waals surface area contributed by atoms with Gasteiger partial charge in [0.25, 0.3) is 0 Å². The van der Waals surface area contributed by atoms with Gasteiger partial charge in [-0.15, -0.1) is 0 Å². The summed E-state index contributed by atoms with van der Waals surface area (Å²) in [5.41, 5.74) is 1.35. The van der Waals surface area contributed by atoms with Crippen molar-refractivity contribution in [2.75, 3.05) is 33.8 Å². The third-order valence-electron chi connectivity index (χ3n) is 3.42. The van der Waals surface area contributed by atoms with Gasteiger partial charge in [-0.3, -0.25) is 0 Å². The second-order valence-electron chi connectivity index (χ2n) is 5.53. The highest BCUT2D eigenvalue weighted by Gasteiger charge is 2.21. The van der Waals surface area contributed by atoms with Crippen molar-refractivity contribution in [2.45, 2.75) is 19.4 Å². The van der Waals surface area contributed by atoms with Gasteiger partial charge in [0.05, 0.1) is 0 Å². The van der Waals surface area contributed by atoms with E-state index in [1.165, 1.54) is 12.0 Å². The zero-order valence-corrected chi connectivity index (χ0v) is 11.6. The summed E-state index contributed by atoms with van der Waals surface area (Å²) in [7, 11) is 4.12. The van der Waals surface area contributed by atoms with E-state index >= 15 is 0 Å². The van der Waals surface area contributed by atoms with Crippen molar-refractivity contribution in [3.63, 3.8) is 0 Å². The number of rotatable bonds is 5. The van der Waals surface area contributed by atoms with Crippen LogP contribution in [0.3, 0.4) is 0 Å². The minimum absolute atomic E-state index is 0.498. The average molecular weight is 248 g/mol. The lowest BCUT2D eigenvalue weighted by Crippen LogP contribution is -2.19. The monoisotopic (exact) mass is 248 g/mol. The Morgan fingerprint density at radius 2 is 2.22 bits per heavy atom. The van der Waals surface area contributed by atoms with E-state index in [1.807, 2.05) is 6.07 Å². The molecule has 18 heavy (non-hydrogen) atoms. The zero-order valence-electron chi connectivity index (χ0n) is 11.6. The normalized spacial score (nSPS) is 23.6. The fourth-order valence-corrected chi connectivity index (χ4v) is 2.33. The van der Waals surface area contributed by atoms with Gasteiger partial charge >= 0.3 is 0 Å². The van der Waals surface area contributed by atoms with E-state index in [-0.39, 0.29) is 0 Å². The fourth-order valence-electron chi connectivity index (χ4n) is 2.33. The molecule has 1 aromatic rings. The van der Waals surface area contributed by atoms with E-state index in [2.05, 4.69) is 49.4 Å². The van der Waals surface area contributed by atoms with Gasteiger partial charge in [-0.2, -0.15) is 0 Å². The van der Waals surface area contributed by atoms with Crippen LogP contribution in [0.5, 0.6) is 5.75 Å². The number of hydrogen-bond acceptors (Lipinski definition) is 3. The average Bonchev–Trinajstić information content (AvgIpc) is 2.76. The minimum atomic E-state index is 0.498. The molecule has 3 heteroatoms. The first-order valence-electron chi connectivity index (χ1n) is 6.76. The Labute approximate surface area is 110 Å². The number of benzene rings is 1. The van der Waals surface area contributed by atoms with Crippen LogP contribution in [0.2, 0.25) is 0 Å². The number of likely N-dealkylation sites (N-methyl/N-ethyl adjacent to an activating group) is 1. The maximum absolute atomic E-state index is 5.77. The van der Waals surface area contributed by atoms with Crippen molar-refractivity contribution in [1.29, 1.82) is 0 Å². The molecule has 1 saturated heterocycles. The Balaban J connectivity index is 1.92. The SMILES string of the molecule is C[C@@H]1CN[C@@H](c2cccc(OCCN(C)C)c2)C1. The van der Waals surface area contributed by atoms with Crippen LogP contribution < -0.4 is 10.1 Å². The predicted octanol–water partition coefficient (Wildman–Crippen LogP) is 2.30. The maximum atomic E-state index is 5.77. The molecule has 1 aromatic carbocycles. The highest BCUT2D eigenvalue weighted by atomic mass is 16.5. The minimum Gasteiger partial charge on any atom is -0.492 e. The molecule has 0 radical (unpaired) electrons. The number of nitrogens with one attached hydrogen (secondary N) is 1. The van der Waals surface area contributed by atoms with Crippen LogP contribution in [0, 0.1) is 5.92 Å². The summed E-state index contributed by atoms with van der Waals surface area (Å²) in [4.78, 5) is 2.13. The molecule has 0 bridgehead atoms. The van der Waals surface area contributed by atoms with E-state index in [1.54, 1.807) is 0 Å². The molecule has 1 N–H and O–H groups in total. The summed E-state index contributed by atoms with van der Waals surface area (Å²) in [5, 5.41) is 3.56. The van der Waals surface area contributed by atoms with Crippen molar-refractivity contribution in [3.8, 4) is 5.75 Å². The van der Waals surface area contributed by atoms with Crippen molar-refractivity contribution >= 4 is 0 Å². The van der Waals surface area contributed by atoms with Gasteiger partial charge in [-0.05, 0) is 50.7 Å². The summed E-state index contributed by atoms with van der Waals surface area (Å²) >= 11 is 0. The molecule has 0 unspecified atom stereocenters. The van der Waals surface area contributed by atoms with Crippen molar-refractivity contribution in [3.05, 3.63) is 29.8 Å². The van der Waals surface area contributed by atoms with Crippen LogP contribution >= 0.6 is 0 Å². The van der Waals surface area contributed by atoms with Crippen LogP contribution in [0.15, 0.2) is 24.3 Å². The van der Waals surface area contributed by atoms with Crippen LogP contribution in [-0.2, 0) is 0 Å². The third kappa shape index (κ3) is 3.72. The van der Waals surface area contributed by atoms with Crippen LogP contribution in [-0.4, -0.2) is 38.7 Å². The van der Waals surface area contributed by atoms with Gasteiger partial charge in [0.1, 0.15) is 12.4 Å². The first-order valence-corrected chi connectivity index (χ1v) is 6.76. The lowest BCUT2D eigenvalue weighted by atomic mass is 10.0. The van der Waals surface area contributed by atoms with Gasteiger partial charge in [0.2, 0.25) is 0 Å².